The average molecular weight is 330 g/mol. The van der Waals surface area contributed by atoms with Crippen LogP contribution in [0.25, 0.3) is 0 Å². The number of phenols is 1. The fraction of sp³-hybridized carbons (Fsp3) is 0.650. The zero-order chi connectivity index (χ0) is 16.9. The highest BCUT2D eigenvalue weighted by Gasteiger charge is 2.28. The standard InChI is InChI=1S/C20H30N2O2/c1-15(20(24)21-18-5-3-2-4-6-18)22-13-11-17(12-14-22)16-7-9-19(23)10-8-16/h7-10,15,17-18,23H,2-6,11-14H2,1H3,(H,21,24)/t15-/m0/s1. The van der Waals surface area contributed by atoms with Crippen LogP contribution in [0.5, 0.6) is 5.75 Å². The Morgan fingerprint density at radius 3 is 2.33 bits per heavy atom. The Bertz CT molecular complexity index is 529. The highest BCUT2D eigenvalue weighted by Crippen LogP contribution is 2.29. The molecule has 1 heterocycles. The van der Waals surface area contributed by atoms with Gasteiger partial charge in [0, 0.05) is 6.04 Å². The summed E-state index contributed by atoms with van der Waals surface area (Å²) in [6.07, 6.45) is 8.24. The molecule has 0 aromatic heterocycles. The van der Waals surface area contributed by atoms with Crippen molar-refractivity contribution in [3.63, 3.8) is 0 Å². The van der Waals surface area contributed by atoms with Gasteiger partial charge in [0.2, 0.25) is 5.91 Å². The Balaban J connectivity index is 1.48. The van der Waals surface area contributed by atoms with Gasteiger partial charge in [-0.15, -0.1) is 0 Å². The predicted molar refractivity (Wildman–Crippen MR) is 96.1 cm³/mol. The van der Waals surface area contributed by atoms with Gasteiger partial charge < -0.3 is 10.4 Å². The Morgan fingerprint density at radius 1 is 1.08 bits per heavy atom. The average Bonchev–Trinajstić information content (AvgIpc) is 2.63. The zero-order valence-electron chi connectivity index (χ0n) is 14.7. The Hall–Kier alpha value is -1.55. The molecule has 1 aliphatic carbocycles. The van der Waals surface area contributed by atoms with Crippen molar-refractivity contribution >= 4 is 5.91 Å². The quantitative estimate of drug-likeness (QED) is 0.889. The number of nitrogens with one attached hydrogen (secondary N) is 1. The first-order valence-electron chi connectivity index (χ1n) is 9.47. The first-order chi connectivity index (χ1) is 11.6. The van der Waals surface area contributed by atoms with Crippen molar-refractivity contribution < 1.29 is 9.90 Å². The van der Waals surface area contributed by atoms with E-state index in [1.807, 2.05) is 19.1 Å². The summed E-state index contributed by atoms with van der Waals surface area (Å²) in [7, 11) is 0. The Labute approximate surface area is 145 Å². The van der Waals surface area contributed by atoms with Crippen LogP contribution in [0.4, 0.5) is 0 Å². The molecule has 0 bridgehead atoms. The van der Waals surface area contributed by atoms with Crippen molar-refractivity contribution in [2.45, 2.75) is 69.9 Å². The predicted octanol–water partition coefficient (Wildman–Crippen LogP) is 3.41. The van der Waals surface area contributed by atoms with E-state index in [0.717, 1.165) is 38.8 Å². The molecule has 132 valence electrons. The molecule has 1 aromatic rings. The summed E-state index contributed by atoms with van der Waals surface area (Å²) in [6, 6.07) is 7.93. The van der Waals surface area contributed by atoms with Gasteiger partial charge in [-0.2, -0.15) is 0 Å². The van der Waals surface area contributed by atoms with Crippen molar-refractivity contribution in [1.82, 2.24) is 10.2 Å². The number of hydrogen-bond acceptors (Lipinski definition) is 3. The van der Waals surface area contributed by atoms with Gasteiger partial charge in [-0.25, -0.2) is 0 Å². The summed E-state index contributed by atoms with van der Waals surface area (Å²) in [5.74, 6) is 1.06. The highest BCUT2D eigenvalue weighted by atomic mass is 16.3. The lowest BCUT2D eigenvalue weighted by Crippen LogP contribution is -2.50. The van der Waals surface area contributed by atoms with Crippen LogP contribution in [0.3, 0.4) is 0 Å². The minimum absolute atomic E-state index is 0.0345. The summed E-state index contributed by atoms with van der Waals surface area (Å²) in [5, 5.41) is 12.7. The minimum Gasteiger partial charge on any atom is -0.508 e. The maximum Gasteiger partial charge on any atom is 0.237 e. The summed E-state index contributed by atoms with van der Waals surface area (Å²) in [6.45, 7) is 3.97. The Kier molecular flexibility index (Phi) is 5.77. The second kappa shape index (κ2) is 8.02. The van der Waals surface area contributed by atoms with Gasteiger partial charge in [0.25, 0.3) is 0 Å². The number of aromatic hydroxyl groups is 1. The number of phenolic OH excluding ortho intramolecular Hbond substituents is 1. The molecule has 1 saturated carbocycles. The van der Waals surface area contributed by atoms with Crippen LogP contribution >= 0.6 is 0 Å². The van der Waals surface area contributed by atoms with Gasteiger partial charge in [0.1, 0.15) is 5.75 Å². The lowest BCUT2D eigenvalue weighted by atomic mass is 9.89. The summed E-state index contributed by atoms with van der Waals surface area (Å²) < 4.78 is 0. The molecule has 1 saturated heterocycles. The van der Waals surface area contributed by atoms with E-state index < -0.39 is 0 Å². The number of amides is 1. The smallest absolute Gasteiger partial charge is 0.237 e. The van der Waals surface area contributed by atoms with E-state index in [2.05, 4.69) is 10.2 Å². The minimum atomic E-state index is -0.0345. The van der Waals surface area contributed by atoms with Crippen LogP contribution in [-0.4, -0.2) is 41.1 Å². The third kappa shape index (κ3) is 4.29. The molecule has 2 aliphatic rings. The van der Waals surface area contributed by atoms with Crippen molar-refractivity contribution in [3.05, 3.63) is 29.8 Å². The molecule has 1 amide bonds. The maximum absolute atomic E-state index is 12.5. The van der Waals surface area contributed by atoms with Crippen LogP contribution in [0.15, 0.2) is 24.3 Å². The lowest BCUT2D eigenvalue weighted by Gasteiger charge is -2.36. The van der Waals surface area contributed by atoms with Crippen LogP contribution in [-0.2, 0) is 4.79 Å². The van der Waals surface area contributed by atoms with Gasteiger partial charge >= 0.3 is 0 Å². The second-order valence-corrected chi connectivity index (χ2v) is 7.42. The number of carbonyl (C=O) groups is 1. The van der Waals surface area contributed by atoms with Gasteiger partial charge in [0.05, 0.1) is 6.04 Å². The molecule has 0 unspecified atom stereocenters. The number of piperidine rings is 1. The number of rotatable bonds is 4. The normalized spacial score (nSPS) is 22.2. The first kappa shape index (κ1) is 17.3. The van der Waals surface area contributed by atoms with Crippen LogP contribution in [0, 0.1) is 0 Å². The van der Waals surface area contributed by atoms with Crippen molar-refractivity contribution in [2.24, 2.45) is 0 Å². The summed E-state index contributed by atoms with van der Waals surface area (Å²) in [5.41, 5.74) is 1.30. The molecule has 2 fully saturated rings. The van der Waals surface area contributed by atoms with Crippen LogP contribution in [0.1, 0.15) is 63.4 Å². The molecule has 4 heteroatoms. The van der Waals surface area contributed by atoms with Crippen molar-refractivity contribution in [1.29, 1.82) is 0 Å². The molecule has 0 spiro atoms. The van der Waals surface area contributed by atoms with Crippen LogP contribution < -0.4 is 5.32 Å². The largest absolute Gasteiger partial charge is 0.508 e. The summed E-state index contributed by atoms with van der Waals surface area (Å²) >= 11 is 0. The fourth-order valence-electron chi connectivity index (χ4n) is 4.10. The van der Waals surface area contributed by atoms with Gasteiger partial charge in [-0.05, 0) is 69.3 Å². The molecule has 1 aliphatic heterocycles. The number of benzene rings is 1. The van der Waals surface area contributed by atoms with Gasteiger partial charge in [0.15, 0.2) is 0 Å². The van der Waals surface area contributed by atoms with E-state index in [0.29, 0.717) is 17.7 Å². The molecule has 3 rings (SSSR count). The van der Waals surface area contributed by atoms with Gasteiger partial charge in [-0.1, -0.05) is 31.4 Å². The molecule has 4 nitrogen and oxygen atoms in total. The zero-order valence-corrected chi connectivity index (χ0v) is 14.7. The third-order valence-electron chi connectivity index (χ3n) is 5.77. The monoisotopic (exact) mass is 330 g/mol. The second-order valence-electron chi connectivity index (χ2n) is 7.42. The molecule has 1 aromatic carbocycles. The number of carbonyl (C=O) groups excluding carboxylic acids is 1. The van der Waals surface area contributed by atoms with Crippen LogP contribution in [0.2, 0.25) is 0 Å². The molecule has 24 heavy (non-hydrogen) atoms. The van der Waals surface area contributed by atoms with Crippen molar-refractivity contribution in [3.8, 4) is 5.75 Å². The number of likely N-dealkylation sites (tertiary alicyclic amines) is 1. The SMILES string of the molecule is C[C@@H](C(=O)NC1CCCCC1)N1CCC(c2ccc(O)cc2)CC1. The Morgan fingerprint density at radius 2 is 1.71 bits per heavy atom. The van der Waals surface area contributed by atoms with Gasteiger partial charge in [-0.3, -0.25) is 9.69 Å². The van der Waals surface area contributed by atoms with Crippen molar-refractivity contribution in [2.75, 3.05) is 13.1 Å². The number of nitrogens with zero attached hydrogens (tertiary/aromatic N) is 1. The molecular formula is C20H30N2O2. The number of hydrogen-bond donors (Lipinski definition) is 2. The van der Waals surface area contributed by atoms with E-state index in [-0.39, 0.29) is 11.9 Å². The topological polar surface area (TPSA) is 52.6 Å². The fourth-order valence-corrected chi connectivity index (χ4v) is 4.10. The van der Waals surface area contributed by atoms with E-state index in [1.165, 1.54) is 24.8 Å². The molecule has 2 N–H and O–H groups in total. The van der Waals surface area contributed by atoms with E-state index in [4.69, 9.17) is 0 Å². The summed E-state index contributed by atoms with van der Waals surface area (Å²) in [4.78, 5) is 14.8. The molecular weight excluding hydrogens is 300 g/mol. The third-order valence-corrected chi connectivity index (χ3v) is 5.77. The van der Waals surface area contributed by atoms with E-state index >= 15 is 0 Å². The lowest BCUT2D eigenvalue weighted by molar-refractivity contribution is -0.127. The molecule has 1 atom stereocenters. The first-order valence-corrected chi connectivity index (χ1v) is 9.47. The molecule has 0 radical (unpaired) electrons. The highest BCUT2D eigenvalue weighted by molar-refractivity contribution is 5.81. The van der Waals surface area contributed by atoms with E-state index in [9.17, 15) is 9.90 Å². The maximum atomic E-state index is 12.5. The van der Waals surface area contributed by atoms with E-state index in [1.54, 1.807) is 12.1 Å².